The number of benzene rings is 2. The Kier molecular flexibility index (Phi) is 4.95. The number of hydrogen-bond acceptors (Lipinski definition) is 3. The minimum atomic E-state index is -0.374. The first-order chi connectivity index (χ1) is 9.78. The van der Waals surface area contributed by atoms with Crippen molar-refractivity contribution in [3.8, 4) is 5.75 Å². The number of carbonyl (C=O) groups is 1. The molecule has 0 N–H and O–H groups in total. The van der Waals surface area contributed by atoms with Gasteiger partial charge in [0, 0.05) is 6.08 Å². The molecule has 0 spiro atoms. The number of esters is 1. The van der Waals surface area contributed by atoms with Crippen molar-refractivity contribution >= 4 is 12.0 Å². The van der Waals surface area contributed by atoms with E-state index in [1.807, 2.05) is 54.6 Å². The summed E-state index contributed by atoms with van der Waals surface area (Å²) in [5.74, 6) is 0.390. The smallest absolute Gasteiger partial charge is 0.330 e. The fourth-order valence-corrected chi connectivity index (χ4v) is 1.68. The summed E-state index contributed by atoms with van der Waals surface area (Å²) < 4.78 is 10.3. The van der Waals surface area contributed by atoms with Gasteiger partial charge in [-0.2, -0.15) is 0 Å². The summed E-state index contributed by atoms with van der Waals surface area (Å²) in [5, 5.41) is 0. The summed E-state index contributed by atoms with van der Waals surface area (Å²) in [4.78, 5) is 11.0. The maximum atomic E-state index is 11.0. The molecule has 0 radical (unpaired) electrons. The number of hydrogen-bond donors (Lipinski definition) is 0. The Morgan fingerprint density at radius 2 is 1.90 bits per heavy atom. The van der Waals surface area contributed by atoms with Crippen molar-refractivity contribution in [3.63, 3.8) is 0 Å². The molecule has 2 rings (SSSR count). The van der Waals surface area contributed by atoms with Crippen LogP contribution < -0.4 is 4.74 Å². The van der Waals surface area contributed by atoms with Crippen LogP contribution in [0.1, 0.15) is 11.1 Å². The van der Waals surface area contributed by atoms with Gasteiger partial charge in [-0.25, -0.2) is 4.79 Å². The van der Waals surface area contributed by atoms with E-state index < -0.39 is 0 Å². The van der Waals surface area contributed by atoms with Gasteiger partial charge >= 0.3 is 5.97 Å². The zero-order valence-corrected chi connectivity index (χ0v) is 11.3. The lowest BCUT2D eigenvalue weighted by Crippen LogP contribution is -1.95. The van der Waals surface area contributed by atoms with Crippen LogP contribution in [0.5, 0.6) is 5.75 Å². The summed E-state index contributed by atoms with van der Waals surface area (Å²) in [7, 11) is 1.35. The van der Waals surface area contributed by atoms with Crippen molar-refractivity contribution in [2.45, 2.75) is 6.61 Å². The van der Waals surface area contributed by atoms with Gasteiger partial charge < -0.3 is 9.47 Å². The highest BCUT2D eigenvalue weighted by Crippen LogP contribution is 2.16. The SMILES string of the molecule is COC(=O)/C=C\c1cccc(OCc2ccccc2)c1. The molecule has 0 aliphatic rings. The Morgan fingerprint density at radius 3 is 2.65 bits per heavy atom. The predicted molar refractivity (Wildman–Crippen MR) is 78.3 cm³/mol. The standard InChI is InChI=1S/C17H16O3/c1-19-17(18)11-10-14-8-5-9-16(12-14)20-13-15-6-3-2-4-7-15/h2-12H,13H2,1H3/b11-10-. The number of ether oxygens (including phenoxy) is 2. The second kappa shape index (κ2) is 7.14. The zero-order chi connectivity index (χ0) is 14.2. The fourth-order valence-electron chi connectivity index (χ4n) is 1.68. The molecule has 0 heterocycles. The Labute approximate surface area is 118 Å². The van der Waals surface area contributed by atoms with E-state index in [1.165, 1.54) is 13.2 Å². The van der Waals surface area contributed by atoms with Crippen molar-refractivity contribution in [3.05, 3.63) is 71.8 Å². The van der Waals surface area contributed by atoms with E-state index in [0.29, 0.717) is 6.61 Å². The van der Waals surface area contributed by atoms with E-state index in [0.717, 1.165) is 16.9 Å². The van der Waals surface area contributed by atoms with Gasteiger partial charge in [0.2, 0.25) is 0 Å². The molecule has 0 atom stereocenters. The topological polar surface area (TPSA) is 35.5 Å². The Bertz CT molecular complexity index is 588. The first kappa shape index (κ1) is 13.9. The molecule has 0 aromatic heterocycles. The molecule has 0 aliphatic carbocycles. The molecular weight excluding hydrogens is 252 g/mol. The molecule has 0 bridgehead atoms. The van der Waals surface area contributed by atoms with E-state index >= 15 is 0 Å². The van der Waals surface area contributed by atoms with Gasteiger partial charge in [0.15, 0.2) is 0 Å². The summed E-state index contributed by atoms with van der Waals surface area (Å²) in [6.07, 6.45) is 3.08. The van der Waals surface area contributed by atoms with Gasteiger partial charge in [0.05, 0.1) is 7.11 Å². The summed E-state index contributed by atoms with van der Waals surface area (Å²) in [6.45, 7) is 0.519. The Hall–Kier alpha value is -2.55. The largest absolute Gasteiger partial charge is 0.489 e. The Morgan fingerprint density at radius 1 is 1.10 bits per heavy atom. The molecule has 0 saturated carbocycles. The minimum Gasteiger partial charge on any atom is -0.489 e. The van der Waals surface area contributed by atoms with Crippen LogP contribution in [0.25, 0.3) is 6.08 Å². The molecule has 3 heteroatoms. The van der Waals surface area contributed by atoms with Crippen LogP contribution in [0.15, 0.2) is 60.7 Å². The first-order valence-electron chi connectivity index (χ1n) is 6.31. The maximum Gasteiger partial charge on any atom is 0.330 e. The molecule has 0 amide bonds. The maximum absolute atomic E-state index is 11.0. The zero-order valence-electron chi connectivity index (χ0n) is 11.3. The molecule has 102 valence electrons. The van der Waals surface area contributed by atoms with Crippen molar-refractivity contribution in [2.24, 2.45) is 0 Å². The van der Waals surface area contributed by atoms with Gasteiger partial charge in [-0.15, -0.1) is 0 Å². The van der Waals surface area contributed by atoms with Crippen LogP contribution in [0.3, 0.4) is 0 Å². The van der Waals surface area contributed by atoms with E-state index in [9.17, 15) is 4.79 Å². The average molecular weight is 268 g/mol. The van der Waals surface area contributed by atoms with Crippen LogP contribution in [0.4, 0.5) is 0 Å². The number of carbonyl (C=O) groups excluding carboxylic acids is 1. The van der Waals surface area contributed by atoms with Crippen molar-refractivity contribution in [2.75, 3.05) is 7.11 Å². The summed E-state index contributed by atoms with van der Waals surface area (Å²) >= 11 is 0. The van der Waals surface area contributed by atoms with E-state index in [2.05, 4.69) is 4.74 Å². The van der Waals surface area contributed by atoms with E-state index in [1.54, 1.807) is 6.08 Å². The fraction of sp³-hybridized carbons (Fsp3) is 0.118. The highest BCUT2D eigenvalue weighted by molar-refractivity contribution is 5.86. The van der Waals surface area contributed by atoms with Crippen LogP contribution in [0.2, 0.25) is 0 Å². The van der Waals surface area contributed by atoms with E-state index in [-0.39, 0.29) is 5.97 Å². The lowest BCUT2D eigenvalue weighted by molar-refractivity contribution is -0.134. The second-order valence-corrected chi connectivity index (χ2v) is 4.20. The highest BCUT2D eigenvalue weighted by atomic mass is 16.5. The normalized spacial score (nSPS) is 10.4. The van der Waals surface area contributed by atoms with Gasteiger partial charge in [-0.05, 0) is 29.3 Å². The van der Waals surface area contributed by atoms with Crippen molar-refractivity contribution < 1.29 is 14.3 Å². The average Bonchev–Trinajstić information content (AvgIpc) is 2.52. The molecule has 0 saturated heterocycles. The lowest BCUT2D eigenvalue weighted by Gasteiger charge is -2.06. The molecule has 0 fully saturated rings. The predicted octanol–water partition coefficient (Wildman–Crippen LogP) is 3.45. The number of rotatable bonds is 5. The third-order valence-corrected chi connectivity index (χ3v) is 2.72. The minimum absolute atomic E-state index is 0.374. The summed E-state index contributed by atoms with van der Waals surface area (Å²) in [5.41, 5.74) is 2.00. The van der Waals surface area contributed by atoms with Crippen LogP contribution in [-0.4, -0.2) is 13.1 Å². The molecule has 2 aromatic rings. The van der Waals surface area contributed by atoms with Gasteiger partial charge in [-0.1, -0.05) is 42.5 Å². The van der Waals surface area contributed by atoms with Gasteiger partial charge in [0.25, 0.3) is 0 Å². The molecule has 0 unspecified atom stereocenters. The Balaban J connectivity index is 1.99. The van der Waals surface area contributed by atoms with Crippen LogP contribution >= 0.6 is 0 Å². The van der Waals surface area contributed by atoms with Crippen LogP contribution in [0, 0.1) is 0 Å². The summed E-state index contributed by atoms with van der Waals surface area (Å²) in [6, 6.07) is 17.5. The van der Waals surface area contributed by atoms with E-state index in [4.69, 9.17) is 4.74 Å². The quantitative estimate of drug-likeness (QED) is 0.615. The third-order valence-electron chi connectivity index (χ3n) is 2.72. The monoisotopic (exact) mass is 268 g/mol. The van der Waals surface area contributed by atoms with Gasteiger partial charge in [0.1, 0.15) is 12.4 Å². The third kappa shape index (κ3) is 4.28. The molecule has 2 aromatic carbocycles. The first-order valence-corrected chi connectivity index (χ1v) is 6.31. The second-order valence-electron chi connectivity index (χ2n) is 4.20. The molecular formula is C17H16O3. The van der Waals surface area contributed by atoms with Crippen molar-refractivity contribution in [1.29, 1.82) is 0 Å². The highest BCUT2D eigenvalue weighted by Gasteiger charge is 1.97. The van der Waals surface area contributed by atoms with Gasteiger partial charge in [-0.3, -0.25) is 0 Å². The van der Waals surface area contributed by atoms with Crippen LogP contribution in [-0.2, 0) is 16.1 Å². The van der Waals surface area contributed by atoms with Crippen molar-refractivity contribution in [1.82, 2.24) is 0 Å². The number of methoxy groups -OCH3 is 1. The molecule has 0 aliphatic heterocycles. The molecule has 20 heavy (non-hydrogen) atoms. The lowest BCUT2D eigenvalue weighted by atomic mass is 10.2. The molecule has 3 nitrogen and oxygen atoms in total.